The minimum Gasteiger partial charge on any atom is -0.481 e. The Labute approximate surface area is 122 Å². The van der Waals surface area contributed by atoms with Crippen LogP contribution in [0.4, 0.5) is 5.69 Å². The van der Waals surface area contributed by atoms with Gasteiger partial charge in [0.25, 0.3) is 0 Å². The molecule has 3 heteroatoms. The topological polar surface area (TPSA) is 40.5 Å². The number of nitrogens with zero attached hydrogens (tertiary/aromatic N) is 1. The van der Waals surface area contributed by atoms with Crippen molar-refractivity contribution in [2.75, 3.05) is 18.0 Å². The lowest BCUT2D eigenvalue weighted by Crippen LogP contribution is -2.33. The fourth-order valence-corrected chi connectivity index (χ4v) is 2.37. The molecule has 0 heterocycles. The van der Waals surface area contributed by atoms with Gasteiger partial charge < -0.3 is 10.0 Å². The SMILES string of the molecule is CCCCCCN(CC(C)C(=O)O)c1ccccc1C. The molecule has 0 spiro atoms. The average Bonchev–Trinajstić information content (AvgIpc) is 2.42. The predicted octanol–water partition coefficient (Wildman–Crippen LogP) is 4.10. The van der Waals surface area contributed by atoms with Gasteiger partial charge >= 0.3 is 5.97 Å². The lowest BCUT2D eigenvalue weighted by Gasteiger charge is -2.28. The molecule has 0 amide bonds. The van der Waals surface area contributed by atoms with Crippen LogP contribution in [-0.4, -0.2) is 24.2 Å². The molecule has 1 aromatic carbocycles. The molecule has 1 N–H and O–H groups in total. The van der Waals surface area contributed by atoms with Crippen molar-refractivity contribution in [3.8, 4) is 0 Å². The van der Waals surface area contributed by atoms with Crippen LogP contribution < -0.4 is 4.90 Å². The van der Waals surface area contributed by atoms with Gasteiger partial charge in [0, 0.05) is 18.8 Å². The highest BCUT2D eigenvalue weighted by Crippen LogP contribution is 2.21. The maximum Gasteiger partial charge on any atom is 0.308 e. The highest BCUT2D eigenvalue weighted by molar-refractivity contribution is 5.70. The first-order valence-corrected chi connectivity index (χ1v) is 7.59. The standard InChI is InChI=1S/C17H27NO2/c1-4-5-6-9-12-18(13-15(3)17(19)20)16-11-8-7-10-14(16)2/h7-8,10-11,15H,4-6,9,12-13H2,1-3H3,(H,19,20). The van der Waals surface area contributed by atoms with Crippen molar-refractivity contribution in [2.45, 2.75) is 46.5 Å². The van der Waals surface area contributed by atoms with Gasteiger partial charge in [-0.2, -0.15) is 0 Å². The van der Waals surface area contributed by atoms with Gasteiger partial charge in [0.15, 0.2) is 0 Å². The summed E-state index contributed by atoms with van der Waals surface area (Å²) in [5, 5.41) is 9.13. The third-order valence-electron chi connectivity index (χ3n) is 3.65. The summed E-state index contributed by atoms with van der Waals surface area (Å²) in [5.41, 5.74) is 2.37. The Morgan fingerprint density at radius 1 is 1.25 bits per heavy atom. The molecule has 0 aromatic heterocycles. The minimum atomic E-state index is -0.725. The largest absolute Gasteiger partial charge is 0.481 e. The molecule has 0 radical (unpaired) electrons. The molecule has 112 valence electrons. The number of carboxylic acid groups (broad SMARTS) is 1. The number of hydrogen-bond donors (Lipinski definition) is 1. The molecule has 0 aliphatic carbocycles. The quantitative estimate of drug-likeness (QED) is 0.691. The van der Waals surface area contributed by atoms with Gasteiger partial charge in [-0.1, -0.05) is 51.3 Å². The zero-order chi connectivity index (χ0) is 15.0. The molecular formula is C17H27NO2. The Balaban J connectivity index is 2.73. The van der Waals surface area contributed by atoms with E-state index in [1.807, 2.05) is 12.1 Å². The Morgan fingerprint density at radius 3 is 2.55 bits per heavy atom. The van der Waals surface area contributed by atoms with Crippen LogP contribution in [0.25, 0.3) is 0 Å². The summed E-state index contributed by atoms with van der Waals surface area (Å²) in [6, 6.07) is 8.21. The summed E-state index contributed by atoms with van der Waals surface area (Å²) in [7, 11) is 0. The normalized spacial score (nSPS) is 12.2. The van der Waals surface area contributed by atoms with E-state index in [9.17, 15) is 4.79 Å². The zero-order valence-electron chi connectivity index (χ0n) is 12.9. The number of rotatable bonds is 9. The molecular weight excluding hydrogens is 250 g/mol. The summed E-state index contributed by atoms with van der Waals surface area (Å²) in [6.07, 6.45) is 4.79. The van der Waals surface area contributed by atoms with E-state index in [2.05, 4.69) is 30.9 Å². The highest BCUT2D eigenvalue weighted by atomic mass is 16.4. The Bertz CT molecular complexity index is 417. The van der Waals surface area contributed by atoms with Crippen LogP contribution in [0.2, 0.25) is 0 Å². The van der Waals surface area contributed by atoms with Gasteiger partial charge in [0.05, 0.1) is 5.92 Å². The van der Waals surface area contributed by atoms with E-state index < -0.39 is 5.97 Å². The molecule has 3 nitrogen and oxygen atoms in total. The monoisotopic (exact) mass is 277 g/mol. The Kier molecular flexibility index (Phi) is 7.13. The molecule has 0 aliphatic rings. The number of para-hydroxylation sites is 1. The fraction of sp³-hybridized carbons (Fsp3) is 0.588. The zero-order valence-corrected chi connectivity index (χ0v) is 12.9. The van der Waals surface area contributed by atoms with E-state index in [0.717, 1.165) is 18.7 Å². The van der Waals surface area contributed by atoms with Crippen LogP contribution in [-0.2, 0) is 4.79 Å². The van der Waals surface area contributed by atoms with E-state index in [1.54, 1.807) is 6.92 Å². The Morgan fingerprint density at radius 2 is 1.95 bits per heavy atom. The van der Waals surface area contributed by atoms with Crippen molar-refractivity contribution in [3.63, 3.8) is 0 Å². The number of anilines is 1. The lowest BCUT2D eigenvalue weighted by molar-refractivity contribution is -0.140. The van der Waals surface area contributed by atoms with Gasteiger partial charge in [-0.3, -0.25) is 4.79 Å². The van der Waals surface area contributed by atoms with Crippen LogP contribution >= 0.6 is 0 Å². The van der Waals surface area contributed by atoms with Crippen LogP contribution in [0.5, 0.6) is 0 Å². The van der Waals surface area contributed by atoms with Gasteiger partial charge in [-0.05, 0) is 25.0 Å². The van der Waals surface area contributed by atoms with Gasteiger partial charge in [0.1, 0.15) is 0 Å². The molecule has 20 heavy (non-hydrogen) atoms. The van der Waals surface area contributed by atoms with Gasteiger partial charge in [0.2, 0.25) is 0 Å². The maximum atomic E-state index is 11.1. The second-order valence-corrected chi connectivity index (χ2v) is 5.53. The predicted molar refractivity (Wildman–Crippen MR) is 84.3 cm³/mol. The summed E-state index contributed by atoms with van der Waals surface area (Å²) < 4.78 is 0. The molecule has 1 atom stereocenters. The average molecular weight is 277 g/mol. The van der Waals surface area contributed by atoms with Gasteiger partial charge in [-0.25, -0.2) is 0 Å². The second kappa shape index (κ2) is 8.62. The highest BCUT2D eigenvalue weighted by Gasteiger charge is 2.17. The number of aryl methyl sites for hydroxylation is 1. The van der Waals surface area contributed by atoms with E-state index >= 15 is 0 Å². The summed E-state index contributed by atoms with van der Waals surface area (Å²) in [6.45, 7) is 7.57. The molecule has 0 aliphatic heterocycles. The number of aliphatic carboxylic acids is 1. The molecule has 1 rings (SSSR count). The minimum absolute atomic E-state index is 0.346. The van der Waals surface area contributed by atoms with E-state index in [0.29, 0.717) is 6.54 Å². The first-order valence-electron chi connectivity index (χ1n) is 7.59. The van der Waals surface area contributed by atoms with Crippen molar-refractivity contribution < 1.29 is 9.90 Å². The summed E-state index contributed by atoms with van der Waals surface area (Å²) in [5.74, 6) is -1.07. The van der Waals surface area contributed by atoms with Crippen molar-refractivity contribution >= 4 is 11.7 Å². The lowest BCUT2D eigenvalue weighted by atomic mass is 10.1. The van der Waals surface area contributed by atoms with Crippen LogP contribution in [0.3, 0.4) is 0 Å². The maximum absolute atomic E-state index is 11.1. The summed E-state index contributed by atoms with van der Waals surface area (Å²) in [4.78, 5) is 13.3. The van der Waals surface area contributed by atoms with Crippen molar-refractivity contribution in [3.05, 3.63) is 29.8 Å². The van der Waals surface area contributed by atoms with Crippen LogP contribution in [0.1, 0.15) is 45.1 Å². The van der Waals surface area contributed by atoms with Crippen molar-refractivity contribution in [2.24, 2.45) is 5.92 Å². The number of carbonyl (C=O) groups is 1. The molecule has 1 aromatic rings. The summed E-state index contributed by atoms with van der Waals surface area (Å²) >= 11 is 0. The van der Waals surface area contributed by atoms with Crippen molar-refractivity contribution in [1.82, 2.24) is 0 Å². The molecule has 1 unspecified atom stereocenters. The smallest absolute Gasteiger partial charge is 0.308 e. The molecule has 0 saturated heterocycles. The third-order valence-corrected chi connectivity index (χ3v) is 3.65. The van der Waals surface area contributed by atoms with Crippen LogP contribution in [0.15, 0.2) is 24.3 Å². The first-order chi connectivity index (χ1) is 9.56. The van der Waals surface area contributed by atoms with Gasteiger partial charge in [-0.15, -0.1) is 0 Å². The number of unbranched alkanes of at least 4 members (excludes halogenated alkanes) is 3. The number of benzene rings is 1. The second-order valence-electron chi connectivity index (χ2n) is 5.53. The van der Waals surface area contributed by atoms with E-state index in [-0.39, 0.29) is 5.92 Å². The van der Waals surface area contributed by atoms with E-state index in [1.165, 1.54) is 24.8 Å². The van der Waals surface area contributed by atoms with Crippen molar-refractivity contribution in [1.29, 1.82) is 0 Å². The third kappa shape index (κ3) is 5.24. The fourth-order valence-electron chi connectivity index (χ4n) is 2.37. The molecule has 0 saturated carbocycles. The Hall–Kier alpha value is -1.51. The first kappa shape index (κ1) is 16.5. The molecule has 0 fully saturated rings. The van der Waals surface area contributed by atoms with Crippen LogP contribution in [0, 0.1) is 12.8 Å². The molecule has 0 bridgehead atoms. The van der Waals surface area contributed by atoms with E-state index in [4.69, 9.17) is 5.11 Å². The number of hydrogen-bond acceptors (Lipinski definition) is 2. The number of carboxylic acids is 1.